The highest BCUT2D eigenvalue weighted by atomic mass is 16.7. The van der Waals surface area contributed by atoms with E-state index in [1.165, 1.54) is 0 Å². The molecule has 0 atom stereocenters. The van der Waals surface area contributed by atoms with Crippen molar-refractivity contribution in [2.24, 2.45) is 0 Å². The van der Waals surface area contributed by atoms with Crippen LogP contribution in [0.5, 0.6) is 28.7 Å². The zero-order valence-corrected chi connectivity index (χ0v) is 26.9. The third kappa shape index (κ3) is 7.51. The molecule has 47 heavy (non-hydrogen) atoms. The summed E-state index contributed by atoms with van der Waals surface area (Å²) in [5.74, 6) is 1.95. The average Bonchev–Trinajstić information content (AvgIpc) is 3.71. The van der Waals surface area contributed by atoms with Gasteiger partial charge in [0.15, 0.2) is 11.5 Å². The number of hydrogen-bond acceptors (Lipinski definition) is 9. The molecular formula is C36H38N2O9. The highest BCUT2D eigenvalue weighted by molar-refractivity contribution is 5.94. The van der Waals surface area contributed by atoms with Gasteiger partial charge < -0.3 is 33.5 Å². The number of carboxylic acid groups (broad SMARTS) is 1. The summed E-state index contributed by atoms with van der Waals surface area (Å²) in [6.07, 6.45) is 6.17. The highest BCUT2D eigenvalue weighted by Crippen LogP contribution is 2.39. The van der Waals surface area contributed by atoms with Gasteiger partial charge in [0.25, 0.3) is 0 Å². The van der Waals surface area contributed by atoms with Crippen molar-refractivity contribution < 1.29 is 43.1 Å². The second kappa shape index (κ2) is 15.2. The molecule has 0 saturated heterocycles. The second-order valence-corrected chi connectivity index (χ2v) is 10.7. The molecule has 1 aliphatic heterocycles. The number of fused-ring (bicyclic) bond motifs is 1. The molecule has 5 rings (SSSR count). The number of aromatic nitrogens is 2. The number of ether oxygens (including phenoxy) is 6. The lowest BCUT2D eigenvalue weighted by molar-refractivity contribution is -0.138. The largest absolute Gasteiger partial charge is 0.497 e. The van der Waals surface area contributed by atoms with Crippen LogP contribution in [0.15, 0.2) is 66.4 Å². The van der Waals surface area contributed by atoms with Crippen molar-refractivity contribution in [3.8, 4) is 34.4 Å². The first-order chi connectivity index (χ1) is 22.9. The summed E-state index contributed by atoms with van der Waals surface area (Å²) in [6.45, 7) is 4.17. The fraction of sp³-hybridized carbons (Fsp3) is 0.306. The first kappa shape index (κ1) is 32.9. The van der Waals surface area contributed by atoms with Crippen molar-refractivity contribution in [3.63, 3.8) is 0 Å². The van der Waals surface area contributed by atoms with Crippen LogP contribution in [0.25, 0.3) is 11.8 Å². The molecule has 0 amide bonds. The minimum absolute atomic E-state index is 0.00475. The zero-order valence-electron chi connectivity index (χ0n) is 26.9. The molecule has 2 heterocycles. The summed E-state index contributed by atoms with van der Waals surface area (Å²) in [4.78, 5) is 30.0. The Morgan fingerprint density at radius 2 is 1.77 bits per heavy atom. The number of unbranched alkanes of at least 4 members (excludes halogenated alkanes) is 1. The van der Waals surface area contributed by atoms with Crippen molar-refractivity contribution in [3.05, 3.63) is 94.6 Å². The number of nitrogens with zero attached hydrogens (tertiary/aromatic N) is 2. The molecule has 1 N–H and O–H groups in total. The summed E-state index contributed by atoms with van der Waals surface area (Å²) < 4.78 is 36.0. The van der Waals surface area contributed by atoms with Gasteiger partial charge in [-0.15, -0.1) is 0 Å². The fourth-order valence-electron chi connectivity index (χ4n) is 5.31. The van der Waals surface area contributed by atoms with Crippen LogP contribution in [0, 0.1) is 0 Å². The van der Waals surface area contributed by atoms with E-state index in [1.807, 2.05) is 22.8 Å². The molecule has 0 saturated carbocycles. The van der Waals surface area contributed by atoms with E-state index in [0.29, 0.717) is 57.7 Å². The van der Waals surface area contributed by atoms with E-state index in [-0.39, 0.29) is 32.0 Å². The van der Waals surface area contributed by atoms with Gasteiger partial charge in [0.05, 0.1) is 44.0 Å². The van der Waals surface area contributed by atoms with E-state index >= 15 is 0 Å². The molecule has 0 bridgehead atoms. The van der Waals surface area contributed by atoms with E-state index in [0.717, 1.165) is 24.2 Å². The number of imidazole rings is 1. The lowest BCUT2D eigenvalue weighted by Gasteiger charge is -2.18. The highest BCUT2D eigenvalue weighted by Gasteiger charge is 2.23. The lowest BCUT2D eigenvalue weighted by Crippen LogP contribution is -2.12. The molecule has 0 unspecified atom stereocenters. The summed E-state index contributed by atoms with van der Waals surface area (Å²) in [6, 6.07) is 15.7. The van der Waals surface area contributed by atoms with E-state index in [2.05, 4.69) is 6.92 Å². The normalized spacial score (nSPS) is 12.1. The van der Waals surface area contributed by atoms with Gasteiger partial charge in [0.1, 0.15) is 29.7 Å². The van der Waals surface area contributed by atoms with E-state index in [9.17, 15) is 14.7 Å². The Kier molecular flexibility index (Phi) is 10.7. The monoisotopic (exact) mass is 642 g/mol. The molecule has 4 aromatic rings. The van der Waals surface area contributed by atoms with Gasteiger partial charge >= 0.3 is 11.9 Å². The Morgan fingerprint density at radius 3 is 2.49 bits per heavy atom. The number of benzene rings is 3. The first-order valence-electron chi connectivity index (χ1n) is 15.4. The van der Waals surface area contributed by atoms with Gasteiger partial charge in [-0.1, -0.05) is 31.5 Å². The number of esters is 1. The van der Waals surface area contributed by atoms with Crippen molar-refractivity contribution in [1.29, 1.82) is 0 Å². The van der Waals surface area contributed by atoms with Crippen LogP contribution in [0.2, 0.25) is 0 Å². The molecule has 1 aromatic heterocycles. The minimum atomic E-state index is -1.04. The maximum Gasteiger partial charge on any atom is 0.336 e. The average molecular weight is 643 g/mol. The molecule has 0 radical (unpaired) electrons. The first-order valence-corrected chi connectivity index (χ1v) is 15.4. The van der Waals surface area contributed by atoms with Gasteiger partial charge in [-0.05, 0) is 43.7 Å². The smallest absolute Gasteiger partial charge is 0.336 e. The van der Waals surface area contributed by atoms with E-state index in [4.69, 9.17) is 33.4 Å². The van der Waals surface area contributed by atoms with Crippen LogP contribution in [-0.2, 0) is 29.0 Å². The van der Waals surface area contributed by atoms with Gasteiger partial charge in [-0.3, -0.25) is 4.57 Å². The second-order valence-electron chi connectivity index (χ2n) is 10.7. The Hall–Kier alpha value is -5.45. The third-order valence-electron chi connectivity index (χ3n) is 7.67. The molecule has 0 fully saturated rings. The summed E-state index contributed by atoms with van der Waals surface area (Å²) in [5.41, 5.74) is 3.05. The maximum absolute atomic E-state index is 13.4. The number of hydrogen-bond donors (Lipinski definition) is 1. The number of rotatable bonds is 15. The Balaban J connectivity index is 1.60. The van der Waals surface area contributed by atoms with Crippen LogP contribution in [0.3, 0.4) is 0 Å². The maximum atomic E-state index is 13.4. The number of carboxylic acids is 1. The standard InChI is InChI=1S/C36H38N2O9/c1-5-7-12-34-37-20-26(16-25(36(41)44-6-2)15-24-17-32-33(47-22-46-32)19-30(24)43-4)38(34)29-14-13-27(42-3)18-31(29)45-21-23-10-8-9-11-28(23)35(39)40/h8-11,13-14,16-20H,5-7,12,15,21-22H2,1-4H3,(H,39,40). The van der Waals surface area contributed by atoms with Crippen molar-refractivity contribution in [2.45, 2.75) is 46.1 Å². The third-order valence-corrected chi connectivity index (χ3v) is 7.67. The Labute approximate surface area is 273 Å². The van der Waals surface area contributed by atoms with Gasteiger partial charge in [0.2, 0.25) is 6.79 Å². The van der Waals surface area contributed by atoms with Crippen LogP contribution in [-0.4, -0.2) is 54.2 Å². The predicted molar refractivity (Wildman–Crippen MR) is 174 cm³/mol. The number of aromatic carboxylic acids is 1. The lowest BCUT2D eigenvalue weighted by atomic mass is 10.0. The molecule has 11 heteroatoms. The fourth-order valence-corrected chi connectivity index (χ4v) is 5.31. The predicted octanol–water partition coefficient (Wildman–Crippen LogP) is 6.43. The van der Waals surface area contributed by atoms with Crippen LogP contribution >= 0.6 is 0 Å². The molecular weight excluding hydrogens is 604 g/mol. The molecule has 0 spiro atoms. The van der Waals surface area contributed by atoms with Gasteiger partial charge in [-0.2, -0.15) is 0 Å². The van der Waals surface area contributed by atoms with Crippen molar-refractivity contribution in [2.75, 3.05) is 27.6 Å². The molecule has 246 valence electrons. The molecule has 0 aliphatic carbocycles. The minimum Gasteiger partial charge on any atom is -0.497 e. The Morgan fingerprint density at radius 1 is 0.979 bits per heavy atom. The van der Waals surface area contributed by atoms with Crippen molar-refractivity contribution >= 4 is 18.0 Å². The van der Waals surface area contributed by atoms with E-state index < -0.39 is 11.9 Å². The number of carbonyl (C=O) groups excluding carboxylic acids is 1. The van der Waals surface area contributed by atoms with E-state index in [1.54, 1.807) is 69.8 Å². The van der Waals surface area contributed by atoms with Crippen LogP contribution in [0.1, 0.15) is 59.7 Å². The summed E-state index contributed by atoms with van der Waals surface area (Å²) in [7, 11) is 3.12. The molecule has 3 aromatic carbocycles. The zero-order chi connectivity index (χ0) is 33.3. The topological polar surface area (TPSA) is 128 Å². The number of methoxy groups -OCH3 is 2. The quantitative estimate of drug-likeness (QED) is 0.115. The van der Waals surface area contributed by atoms with Crippen molar-refractivity contribution in [1.82, 2.24) is 9.55 Å². The number of aryl methyl sites for hydroxylation is 1. The SMILES string of the molecule is CCCCc1ncc(C=C(Cc2cc3c(cc2OC)OCO3)C(=O)OCC)n1-c1ccc(OC)cc1OCc1ccccc1C(=O)O. The van der Waals surface area contributed by atoms with Gasteiger partial charge in [-0.25, -0.2) is 14.6 Å². The number of carbonyl (C=O) groups is 2. The van der Waals surface area contributed by atoms with Gasteiger partial charge in [0, 0.05) is 41.7 Å². The van der Waals surface area contributed by atoms with Crippen LogP contribution < -0.4 is 23.7 Å². The summed E-state index contributed by atoms with van der Waals surface area (Å²) in [5, 5.41) is 9.70. The Bertz CT molecular complexity index is 1780. The molecule has 11 nitrogen and oxygen atoms in total. The van der Waals surface area contributed by atoms with Crippen LogP contribution in [0.4, 0.5) is 0 Å². The molecule has 1 aliphatic rings. The summed E-state index contributed by atoms with van der Waals surface area (Å²) >= 11 is 0.